The van der Waals surface area contributed by atoms with Crippen molar-refractivity contribution in [1.82, 2.24) is 0 Å². The molecule has 1 aromatic carbocycles. The standard InChI is InChI=1S/C9H10N2O3S/c10-15(14,9-5-6-9)8-3-1-7(2-4-8)11(12)13/h1-4,9-10H,5-6H2/t15-/m0/s1. The van der Waals surface area contributed by atoms with Crippen LogP contribution in [0.5, 0.6) is 0 Å². The number of rotatable bonds is 3. The predicted molar refractivity (Wildman–Crippen MR) is 55.2 cm³/mol. The summed E-state index contributed by atoms with van der Waals surface area (Å²) in [5.74, 6) is 0. The largest absolute Gasteiger partial charge is 0.269 e. The van der Waals surface area contributed by atoms with Gasteiger partial charge in [0.25, 0.3) is 5.69 Å². The number of nitro groups is 1. The van der Waals surface area contributed by atoms with Crippen LogP contribution in [0.1, 0.15) is 12.8 Å². The molecule has 5 nitrogen and oxygen atoms in total. The summed E-state index contributed by atoms with van der Waals surface area (Å²) < 4.78 is 19.6. The highest BCUT2D eigenvalue weighted by Crippen LogP contribution is 2.34. The maximum atomic E-state index is 11.9. The molecule has 2 rings (SSSR count). The smallest absolute Gasteiger partial charge is 0.258 e. The lowest BCUT2D eigenvalue weighted by molar-refractivity contribution is -0.384. The monoisotopic (exact) mass is 226 g/mol. The molecule has 80 valence electrons. The van der Waals surface area contributed by atoms with Crippen molar-refractivity contribution in [3.63, 3.8) is 0 Å². The van der Waals surface area contributed by atoms with Gasteiger partial charge < -0.3 is 0 Å². The van der Waals surface area contributed by atoms with E-state index in [1.54, 1.807) is 0 Å². The molecule has 0 aliphatic heterocycles. The molecule has 1 N–H and O–H groups in total. The molecule has 0 unspecified atom stereocenters. The molecule has 0 heterocycles. The zero-order chi connectivity index (χ0) is 11.1. The Hall–Kier alpha value is -1.43. The second-order valence-electron chi connectivity index (χ2n) is 3.55. The summed E-state index contributed by atoms with van der Waals surface area (Å²) >= 11 is 0. The van der Waals surface area contributed by atoms with Crippen LogP contribution in [0.25, 0.3) is 0 Å². The van der Waals surface area contributed by atoms with E-state index in [1.807, 2.05) is 0 Å². The molecule has 0 bridgehead atoms. The van der Waals surface area contributed by atoms with Crippen LogP contribution in [-0.2, 0) is 9.73 Å². The normalized spacial score (nSPS) is 19.5. The summed E-state index contributed by atoms with van der Waals surface area (Å²) in [6.07, 6.45) is 1.64. The Morgan fingerprint density at radius 1 is 1.33 bits per heavy atom. The molecule has 1 aromatic rings. The van der Waals surface area contributed by atoms with Gasteiger partial charge in [0.05, 0.1) is 14.7 Å². The van der Waals surface area contributed by atoms with Gasteiger partial charge in [0.15, 0.2) is 0 Å². The fourth-order valence-corrected chi connectivity index (χ4v) is 3.09. The number of benzene rings is 1. The van der Waals surface area contributed by atoms with E-state index in [2.05, 4.69) is 0 Å². The first-order valence-corrected chi connectivity index (χ1v) is 6.16. The van der Waals surface area contributed by atoms with E-state index >= 15 is 0 Å². The number of nitrogens with one attached hydrogen (secondary N) is 1. The Morgan fingerprint density at radius 3 is 2.27 bits per heavy atom. The molecule has 0 aromatic heterocycles. The minimum absolute atomic E-state index is 0.0373. The van der Waals surface area contributed by atoms with Crippen LogP contribution in [-0.4, -0.2) is 14.4 Å². The number of nitrogens with zero attached hydrogens (tertiary/aromatic N) is 1. The topological polar surface area (TPSA) is 84.1 Å². The Balaban J connectivity index is 2.35. The van der Waals surface area contributed by atoms with Gasteiger partial charge in [-0.25, -0.2) is 8.99 Å². The fraction of sp³-hybridized carbons (Fsp3) is 0.333. The van der Waals surface area contributed by atoms with Crippen molar-refractivity contribution >= 4 is 15.4 Å². The highest BCUT2D eigenvalue weighted by molar-refractivity contribution is 7.93. The van der Waals surface area contributed by atoms with Crippen LogP contribution < -0.4 is 0 Å². The van der Waals surface area contributed by atoms with Gasteiger partial charge in [-0.05, 0) is 25.0 Å². The first-order chi connectivity index (χ1) is 7.01. The quantitative estimate of drug-likeness (QED) is 0.633. The molecule has 1 aliphatic rings. The van der Waals surface area contributed by atoms with Gasteiger partial charge in [-0.2, -0.15) is 0 Å². The van der Waals surface area contributed by atoms with Gasteiger partial charge in [0.1, 0.15) is 0 Å². The van der Waals surface area contributed by atoms with Gasteiger partial charge in [0.2, 0.25) is 0 Å². The van der Waals surface area contributed by atoms with E-state index < -0.39 is 14.7 Å². The maximum Gasteiger partial charge on any atom is 0.269 e. The molecule has 0 radical (unpaired) electrons. The number of non-ortho nitro benzene ring substituents is 1. The van der Waals surface area contributed by atoms with E-state index in [0.29, 0.717) is 4.90 Å². The molecule has 1 atom stereocenters. The molecule has 15 heavy (non-hydrogen) atoms. The lowest BCUT2D eigenvalue weighted by atomic mass is 10.3. The van der Waals surface area contributed by atoms with Crippen LogP contribution in [0, 0.1) is 14.9 Å². The van der Waals surface area contributed by atoms with E-state index in [1.165, 1.54) is 24.3 Å². The zero-order valence-electron chi connectivity index (χ0n) is 7.88. The summed E-state index contributed by atoms with van der Waals surface area (Å²) in [5, 5.41) is 10.3. The average molecular weight is 226 g/mol. The molecule has 1 saturated carbocycles. The highest BCUT2D eigenvalue weighted by Gasteiger charge is 2.33. The van der Waals surface area contributed by atoms with Crippen molar-refractivity contribution in [2.75, 3.05) is 0 Å². The summed E-state index contributed by atoms with van der Waals surface area (Å²) in [7, 11) is -2.73. The van der Waals surface area contributed by atoms with Crippen LogP contribution >= 0.6 is 0 Å². The van der Waals surface area contributed by atoms with Crippen molar-refractivity contribution in [3.05, 3.63) is 34.4 Å². The Bertz CT molecular complexity index is 489. The zero-order valence-corrected chi connectivity index (χ0v) is 8.70. The third kappa shape index (κ3) is 1.85. The molecular formula is C9H10N2O3S. The first kappa shape index (κ1) is 10.1. The third-order valence-electron chi connectivity index (χ3n) is 2.39. The molecule has 0 amide bonds. The minimum atomic E-state index is -2.73. The Morgan fingerprint density at radius 2 is 1.87 bits per heavy atom. The van der Waals surface area contributed by atoms with E-state index in [4.69, 9.17) is 4.78 Å². The molecule has 0 spiro atoms. The SMILES string of the molecule is N=[S@](=O)(c1ccc([N+](=O)[O-])cc1)C1CC1. The van der Waals surface area contributed by atoms with E-state index in [0.717, 1.165) is 12.8 Å². The van der Waals surface area contributed by atoms with Crippen molar-refractivity contribution in [2.45, 2.75) is 23.0 Å². The summed E-state index contributed by atoms with van der Waals surface area (Å²) in [5.41, 5.74) is -0.0373. The Kier molecular flexibility index (Phi) is 2.22. The van der Waals surface area contributed by atoms with Gasteiger partial charge in [-0.1, -0.05) is 0 Å². The minimum Gasteiger partial charge on any atom is -0.258 e. The van der Waals surface area contributed by atoms with Crippen LogP contribution in [0.15, 0.2) is 29.2 Å². The molecule has 6 heteroatoms. The highest BCUT2D eigenvalue weighted by atomic mass is 32.2. The van der Waals surface area contributed by atoms with Crippen LogP contribution in [0.3, 0.4) is 0 Å². The van der Waals surface area contributed by atoms with Crippen LogP contribution in [0.2, 0.25) is 0 Å². The van der Waals surface area contributed by atoms with Crippen molar-refractivity contribution < 1.29 is 9.13 Å². The summed E-state index contributed by atoms with van der Waals surface area (Å²) in [6, 6.07) is 5.44. The van der Waals surface area contributed by atoms with Gasteiger partial charge >= 0.3 is 0 Å². The average Bonchev–Trinajstić information content (AvgIpc) is 3.01. The maximum absolute atomic E-state index is 11.9. The van der Waals surface area contributed by atoms with Gasteiger partial charge in [0, 0.05) is 22.3 Å². The number of hydrogen-bond acceptors (Lipinski definition) is 4. The molecular weight excluding hydrogens is 216 g/mol. The Labute approximate surface area is 87.2 Å². The molecule has 1 fully saturated rings. The first-order valence-electron chi connectivity index (χ1n) is 4.54. The van der Waals surface area contributed by atoms with Crippen LogP contribution in [0.4, 0.5) is 5.69 Å². The van der Waals surface area contributed by atoms with Crippen molar-refractivity contribution in [3.8, 4) is 0 Å². The third-order valence-corrected chi connectivity index (χ3v) is 4.77. The predicted octanol–water partition coefficient (Wildman–Crippen LogP) is 2.16. The molecule has 1 aliphatic carbocycles. The fourth-order valence-electron chi connectivity index (χ4n) is 1.36. The summed E-state index contributed by atoms with van der Waals surface area (Å²) in [4.78, 5) is 10.3. The lowest BCUT2D eigenvalue weighted by Gasteiger charge is -2.04. The number of nitro benzene ring substituents is 1. The van der Waals surface area contributed by atoms with E-state index in [-0.39, 0.29) is 10.9 Å². The van der Waals surface area contributed by atoms with E-state index in [9.17, 15) is 14.3 Å². The molecule has 0 saturated heterocycles. The number of hydrogen-bond donors (Lipinski definition) is 1. The second-order valence-corrected chi connectivity index (χ2v) is 5.89. The second kappa shape index (κ2) is 3.30. The van der Waals surface area contributed by atoms with Gasteiger partial charge in [-0.3, -0.25) is 10.1 Å². The van der Waals surface area contributed by atoms with Gasteiger partial charge in [-0.15, -0.1) is 0 Å². The van der Waals surface area contributed by atoms with Crippen molar-refractivity contribution in [2.24, 2.45) is 0 Å². The van der Waals surface area contributed by atoms with Crippen molar-refractivity contribution in [1.29, 1.82) is 4.78 Å². The summed E-state index contributed by atoms with van der Waals surface area (Å²) in [6.45, 7) is 0. The lowest BCUT2D eigenvalue weighted by Crippen LogP contribution is -2.04.